The lowest BCUT2D eigenvalue weighted by molar-refractivity contribution is 0.0216. The van der Waals surface area contributed by atoms with E-state index in [2.05, 4.69) is 4.98 Å². The zero-order valence-electron chi connectivity index (χ0n) is 6.84. The van der Waals surface area contributed by atoms with Crippen LogP contribution in [0.3, 0.4) is 0 Å². The number of aromatic nitrogens is 2. The van der Waals surface area contributed by atoms with E-state index in [1.54, 1.807) is 12.3 Å². The van der Waals surface area contributed by atoms with Gasteiger partial charge in [-0.05, 0) is 6.07 Å². The van der Waals surface area contributed by atoms with Crippen molar-refractivity contribution in [2.24, 2.45) is 0 Å². The highest BCUT2D eigenvalue weighted by Gasteiger charge is 2.18. The van der Waals surface area contributed by atoms with Gasteiger partial charge in [0, 0.05) is 6.20 Å². The molecule has 1 aromatic rings. The van der Waals surface area contributed by atoms with E-state index in [0.717, 1.165) is 0 Å². The minimum atomic E-state index is -0.421. The second kappa shape index (κ2) is 3.15. The second-order valence-corrected chi connectivity index (χ2v) is 2.65. The molecule has 2 N–H and O–H groups in total. The number of hydrogen-bond donors (Lipinski definition) is 1. The summed E-state index contributed by atoms with van der Waals surface area (Å²) < 4.78 is 11.4. The highest BCUT2D eigenvalue weighted by molar-refractivity contribution is 5.23. The molecular weight excluding hydrogens is 174 g/mol. The van der Waals surface area contributed by atoms with Crippen molar-refractivity contribution in [2.45, 2.75) is 6.23 Å². The fraction of sp³-hybridized carbons (Fsp3) is 0.429. The summed E-state index contributed by atoms with van der Waals surface area (Å²) in [6.07, 6.45) is 1.17. The Kier molecular flexibility index (Phi) is 1.99. The Morgan fingerprint density at radius 1 is 1.69 bits per heavy atom. The van der Waals surface area contributed by atoms with E-state index in [4.69, 9.17) is 15.2 Å². The quantitative estimate of drug-likeness (QED) is 0.624. The van der Waals surface area contributed by atoms with Crippen LogP contribution in [0, 0.1) is 0 Å². The molecule has 1 aliphatic heterocycles. The molecular formula is C7H9N3O3. The fourth-order valence-electron chi connectivity index (χ4n) is 1.13. The number of hydrogen-bond acceptors (Lipinski definition) is 5. The Hall–Kier alpha value is -1.40. The molecule has 13 heavy (non-hydrogen) atoms. The molecule has 0 radical (unpaired) electrons. The Morgan fingerprint density at radius 2 is 2.54 bits per heavy atom. The molecule has 0 aromatic carbocycles. The van der Waals surface area contributed by atoms with E-state index >= 15 is 0 Å². The summed E-state index contributed by atoms with van der Waals surface area (Å²) in [5.74, 6) is 0.208. The lowest BCUT2D eigenvalue weighted by atomic mass is 10.5. The zero-order chi connectivity index (χ0) is 9.26. The van der Waals surface area contributed by atoms with Crippen molar-refractivity contribution >= 4 is 5.82 Å². The Labute approximate surface area is 73.9 Å². The fourth-order valence-corrected chi connectivity index (χ4v) is 1.13. The molecule has 6 heteroatoms. The van der Waals surface area contributed by atoms with Crippen LogP contribution in [-0.2, 0) is 9.47 Å². The first-order valence-corrected chi connectivity index (χ1v) is 3.81. The molecule has 0 amide bonds. The Balaban J connectivity index is 2.34. The topological polar surface area (TPSA) is 79.4 Å². The van der Waals surface area contributed by atoms with Crippen molar-refractivity contribution in [2.75, 3.05) is 19.1 Å². The van der Waals surface area contributed by atoms with Gasteiger partial charge in [-0.15, -0.1) is 0 Å². The average molecular weight is 183 g/mol. The standard InChI is InChI=1S/C7H9N3O3/c8-5-1-2-10(7(11)9-5)6-3-12-4-13-6/h1-2,6H,3-4H2,(H2,8,9,11). The third kappa shape index (κ3) is 1.53. The van der Waals surface area contributed by atoms with Crippen LogP contribution in [0.5, 0.6) is 0 Å². The normalized spacial score (nSPS) is 22.0. The number of nitrogens with two attached hydrogens (primary N) is 1. The first-order valence-electron chi connectivity index (χ1n) is 3.81. The third-order valence-electron chi connectivity index (χ3n) is 1.77. The highest BCUT2D eigenvalue weighted by atomic mass is 16.7. The molecule has 2 heterocycles. The number of rotatable bonds is 1. The van der Waals surface area contributed by atoms with Gasteiger partial charge in [-0.1, -0.05) is 0 Å². The molecule has 0 saturated carbocycles. The molecule has 1 atom stereocenters. The van der Waals surface area contributed by atoms with Crippen molar-refractivity contribution in [3.63, 3.8) is 0 Å². The average Bonchev–Trinajstić information content (AvgIpc) is 2.56. The largest absolute Gasteiger partial charge is 0.383 e. The van der Waals surface area contributed by atoms with Crippen LogP contribution in [0.25, 0.3) is 0 Å². The summed E-state index contributed by atoms with van der Waals surface area (Å²) in [5.41, 5.74) is 4.91. The molecule has 0 aliphatic carbocycles. The summed E-state index contributed by atoms with van der Waals surface area (Å²) in [5, 5.41) is 0. The van der Waals surface area contributed by atoms with Crippen LogP contribution in [0.1, 0.15) is 6.23 Å². The van der Waals surface area contributed by atoms with E-state index in [9.17, 15) is 4.79 Å². The maximum absolute atomic E-state index is 11.3. The van der Waals surface area contributed by atoms with Crippen LogP contribution in [0.4, 0.5) is 5.82 Å². The van der Waals surface area contributed by atoms with Gasteiger partial charge in [-0.25, -0.2) is 4.79 Å². The minimum absolute atomic E-state index is 0.208. The van der Waals surface area contributed by atoms with Crippen LogP contribution in [0.2, 0.25) is 0 Å². The van der Waals surface area contributed by atoms with Gasteiger partial charge in [-0.3, -0.25) is 4.57 Å². The predicted octanol–water partition coefficient (Wildman–Crippen LogP) is -0.672. The zero-order valence-corrected chi connectivity index (χ0v) is 6.84. The van der Waals surface area contributed by atoms with Crippen molar-refractivity contribution in [3.8, 4) is 0 Å². The van der Waals surface area contributed by atoms with Gasteiger partial charge in [0.2, 0.25) is 0 Å². The number of anilines is 1. The molecule has 1 fully saturated rings. The monoisotopic (exact) mass is 183 g/mol. The second-order valence-electron chi connectivity index (χ2n) is 2.65. The molecule has 0 spiro atoms. The molecule has 1 saturated heterocycles. The molecule has 1 unspecified atom stereocenters. The summed E-state index contributed by atoms with van der Waals surface area (Å²) >= 11 is 0. The van der Waals surface area contributed by atoms with E-state index in [1.165, 1.54) is 4.57 Å². The van der Waals surface area contributed by atoms with Gasteiger partial charge in [0.05, 0.1) is 6.61 Å². The van der Waals surface area contributed by atoms with Crippen molar-refractivity contribution < 1.29 is 9.47 Å². The summed E-state index contributed by atoms with van der Waals surface area (Å²) in [6, 6.07) is 1.54. The first-order chi connectivity index (χ1) is 6.27. The van der Waals surface area contributed by atoms with Gasteiger partial charge >= 0.3 is 5.69 Å². The molecule has 70 valence electrons. The predicted molar refractivity (Wildman–Crippen MR) is 43.9 cm³/mol. The molecule has 0 bridgehead atoms. The maximum atomic E-state index is 11.3. The molecule has 2 rings (SSSR count). The first kappa shape index (κ1) is 8.21. The van der Waals surface area contributed by atoms with Gasteiger partial charge in [-0.2, -0.15) is 4.98 Å². The number of ether oxygens (including phenoxy) is 2. The Morgan fingerprint density at radius 3 is 3.15 bits per heavy atom. The van der Waals surface area contributed by atoms with E-state index in [-0.39, 0.29) is 18.8 Å². The van der Waals surface area contributed by atoms with E-state index < -0.39 is 5.69 Å². The van der Waals surface area contributed by atoms with Crippen LogP contribution in [-0.4, -0.2) is 23.0 Å². The van der Waals surface area contributed by atoms with Crippen molar-refractivity contribution in [1.29, 1.82) is 0 Å². The number of nitrogens with zero attached hydrogens (tertiary/aromatic N) is 2. The van der Waals surface area contributed by atoms with Crippen LogP contribution < -0.4 is 11.4 Å². The smallest absolute Gasteiger partial charge is 0.351 e. The van der Waals surface area contributed by atoms with Crippen molar-refractivity contribution in [3.05, 3.63) is 22.7 Å². The van der Waals surface area contributed by atoms with Gasteiger partial charge in [0.15, 0.2) is 6.23 Å². The third-order valence-corrected chi connectivity index (χ3v) is 1.77. The lowest BCUT2D eigenvalue weighted by Gasteiger charge is -2.09. The van der Waals surface area contributed by atoms with Gasteiger partial charge in [0.25, 0.3) is 0 Å². The summed E-state index contributed by atoms with van der Waals surface area (Å²) in [4.78, 5) is 14.8. The van der Waals surface area contributed by atoms with E-state index in [1.807, 2.05) is 0 Å². The summed E-state index contributed by atoms with van der Waals surface area (Å²) in [6.45, 7) is 0.576. The van der Waals surface area contributed by atoms with Gasteiger partial charge in [0.1, 0.15) is 12.6 Å². The van der Waals surface area contributed by atoms with Gasteiger partial charge < -0.3 is 15.2 Å². The van der Waals surface area contributed by atoms with Crippen LogP contribution >= 0.6 is 0 Å². The molecule has 1 aliphatic rings. The highest BCUT2D eigenvalue weighted by Crippen LogP contribution is 2.12. The van der Waals surface area contributed by atoms with Crippen LogP contribution in [0.15, 0.2) is 17.1 Å². The van der Waals surface area contributed by atoms with Crippen molar-refractivity contribution in [1.82, 2.24) is 9.55 Å². The Bertz CT molecular complexity index is 356. The number of nitrogen functional groups attached to an aromatic ring is 1. The SMILES string of the molecule is Nc1ccn(C2COCO2)c(=O)n1. The maximum Gasteiger partial charge on any atom is 0.351 e. The van der Waals surface area contributed by atoms with E-state index in [0.29, 0.717) is 6.61 Å². The minimum Gasteiger partial charge on any atom is -0.383 e. The summed E-state index contributed by atoms with van der Waals surface area (Å²) in [7, 11) is 0. The molecule has 1 aromatic heterocycles. The molecule has 6 nitrogen and oxygen atoms in total. The lowest BCUT2D eigenvalue weighted by Crippen LogP contribution is -2.28.